The van der Waals surface area contributed by atoms with Crippen molar-refractivity contribution < 1.29 is 9.26 Å². The van der Waals surface area contributed by atoms with Gasteiger partial charge >= 0.3 is 0 Å². The standard InChI is InChI=1S/C15H21N3O2/c1-8(2)19-13-9(3)6-12(7-10(13)4)14-17-15(11(5)16)20-18-14/h6-8,11H,16H2,1-5H3/t11-/m0/s1. The Balaban J connectivity index is 2.38. The van der Waals surface area contributed by atoms with Crippen molar-refractivity contribution in [3.63, 3.8) is 0 Å². The molecule has 0 saturated heterocycles. The first-order chi connectivity index (χ1) is 9.38. The van der Waals surface area contributed by atoms with Gasteiger partial charge in [-0.2, -0.15) is 4.98 Å². The summed E-state index contributed by atoms with van der Waals surface area (Å²) in [5, 5.41) is 3.97. The summed E-state index contributed by atoms with van der Waals surface area (Å²) in [5.74, 6) is 1.91. The van der Waals surface area contributed by atoms with Crippen LogP contribution >= 0.6 is 0 Å². The lowest BCUT2D eigenvalue weighted by atomic mass is 10.1. The summed E-state index contributed by atoms with van der Waals surface area (Å²) < 4.78 is 11.0. The molecule has 5 heteroatoms. The van der Waals surface area contributed by atoms with E-state index in [1.807, 2.05) is 46.8 Å². The van der Waals surface area contributed by atoms with Gasteiger partial charge in [-0.15, -0.1) is 0 Å². The molecule has 1 aromatic heterocycles. The molecule has 0 fully saturated rings. The van der Waals surface area contributed by atoms with Crippen LogP contribution in [0, 0.1) is 13.8 Å². The number of benzene rings is 1. The van der Waals surface area contributed by atoms with Crippen molar-refractivity contribution in [3.8, 4) is 17.1 Å². The predicted molar refractivity (Wildman–Crippen MR) is 77.6 cm³/mol. The molecule has 0 radical (unpaired) electrons. The Bertz CT molecular complexity index is 580. The van der Waals surface area contributed by atoms with E-state index in [0.29, 0.717) is 11.7 Å². The number of aryl methyl sites for hydroxylation is 2. The van der Waals surface area contributed by atoms with E-state index in [1.54, 1.807) is 0 Å². The van der Waals surface area contributed by atoms with Gasteiger partial charge in [0.15, 0.2) is 0 Å². The Labute approximate surface area is 119 Å². The molecular formula is C15H21N3O2. The third-order valence-corrected chi connectivity index (χ3v) is 2.90. The first kappa shape index (κ1) is 14.5. The second-order valence-corrected chi connectivity index (χ2v) is 5.35. The van der Waals surface area contributed by atoms with Crippen LogP contribution in [-0.4, -0.2) is 16.2 Å². The molecule has 0 aliphatic heterocycles. The van der Waals surface area contributed by atoms with E-state index in [4.69, 9.17) is 15.0 Å². The fourth-order valence-corrected chi connectivity index (χ4v) is 2.04. The Hall–Kier alpha value is -1.88. The van der Waals surface area contributed by atoms with Crippen LogP contribution in [-0.2, 0) is 0 Å². The lowest BCUT2D eigenvalue weighted by molar-refractivity contribution is 0.239. The third kappa shape index (κ3) is 2.99. The quantitative estimate of drug-likeness (QED) is 0.927. The Morgan fingerprint density at radius 1 is 1.15 bits per heavy atom. The van der Waals surface area contributed by atoms with Gasteiger partial charge in [0.1, 0.15) is 5.75 Å². The van der Waals surface area contributed by atoms with E-state index in [9.17, 15) is 0 Å². The van der Waals surface area contributed by atoms with Crippen molar-refractivity contribution in [1.29, 1.82) is 0 Å². The zero-order valence-corrected chi connectivity index (χ0v) is 12.6. The zero-order valence-electron chi connectivity index (χ0n) is 12.6. The van der Waals surface area contributed by atoms with Gasteiger partial charge in [0.25, 0.3) is 0 Å². The molecule has 1 heterocycles. The van der Waals surface area contributed by atoms with E-state index < -0.39 is 0 Å². The number of rotatable bonds is 4. The smallest absolute Gasteiger partial charge is 0.243 e. The van der Waals surface area contributed by atoms with Crippen molar-refractivity contribution in [2.45, 2.75) is 46.8 Å². The van der Waals surface area contributed by atoms with Crippen LogP contribution in [0.25, 0.3) is 11.4 Å². The second-order valence-electron chi connectivity index (χ2n) is 5.35. The lowest BCUT2D eigenvalue weighted by Crippen LogP contribution is -2.08. The van der Waals surface area contributed by atoms with Crippen LogP contribution in [0.1, 0.15) is 43.8 Å². The molecule has 0 unspecified atom stereocenters. The number of aromatic nitrogens is 2. The zero-order chi connectivity index (χ0) is 14.9. The highest BCUT2D eigenvalue weighted by molar-refractivity contribution is 5.61. The van der Waals surface area contributed by atoms with Gasteiger partial charge in [-0.1, -0.05) is 5.16 Å². The van der Waals surface area contributed by atoms with E-state index in [1.165, 1.54) is 0 Å². The number of hydrogen-bond acceptors (Lipinski definition) is 5. The molecule has 1 atom stereocenters. The van der Waals surface area contributed by atoms with Crippen LogP contribution in [0.3, 0.4) is 0 Å². The maximum Gasteiger partial charge on any atom is 0.243 e. The third-order valence-electron chi connectivity index (χ3n) is 2.90. The Kier molecular flexibility index (Phi) is 4.09. The molecule has 0 bridgehead atoms. The van der Waals surface area contributed by atoms with Crippen LogP contribution in [0.15, 0.2) is 16.7 Å². The minimum atomic E-state index is -0.262. The van der Waals surface area contributed by atoms with Crippen molar-refractivity contribution in [2.24, 2.45) is 5.73 Å². The van der Waals surface area contributed by atoms with E-state index in [0.717, 1.165) is 22.4 Å². The average Bonchev–Trinajstić information content (AvgIpc) is 2.83. The van der Waals surface area contributed by atoms with Gasteiger partial charge in [-0.05, 0) is 57.9 Å². The normalized spacial score (nSPS) is 12.8. The lowest BCUT2D eigenvalue weighted by Gasteiger charge is -2.15. The minimum Gasteiger partial charge on any atom is -0.490 e. The van der Waals surface area contributed by atoms with Gasteiger partial charge in [0, 0.05) is 5.56 Å². The van der Waals surface area contributed by atoms with Gasteiger partial charge in [0.05, 0.1) is 12.1 Å². The van der Waals surface area contributed by atoms with Crippen LogP contribution in [0.4, 0.5) is 0 Å². The largest absolute Gasteiger partial charge is 0.490 e. The number of ether oxygens (including phenoxy) is 1. The summed E-state index contributed by atoms with van der Waals surface area (Å²) in [6.45, 7) is 9.87. The van der Waals surface area contributed by atoms with E-state index in [2.05, 4.69) is 10.1 Å². The molecule has 0 spiro atoms. The monoisotopic (exact) mass is 275 g/mol. The molecule has 0 saturated carbocycles. The molecule has 0 aliphatic rings. The second kappa shape index (κ2) is 5.63. The van der Waals surface area contributed by atoms with Gasteiger partial charge in [-0.25, -0.2) is 0 Å². The topological polar surface area (TPSA) is 74.2 Å². The van der Waals surface area contributed by atoms with Gasteiger partial charge in [0.2, 0.25) is 11.7 Å². The van der Waals surface area contributed by atoms with Crippen molar-refractivity contribution in [2.75, 3.05) is 0 Å². The molecule has 2 rings (SSSR count). The number of nitrogens with two attached hydrogens (primary N) is 1. The maximum atomic E-state index is 5.83. The fourth-order valence-electron chi connectivity index (χ4n) is 2.04. The summed E-state index contributed by atoms with van der Waals surface area (Å²) in [5.41, 5.74) is 8.75. The number of nitrogens with zero attached hydrogens (tertiary/aromatic N) is 2. The molecule has 1 aromatic carbocycles. The highest BCUT2D eigenvalue weighted by atomic mass is 16.5. The molecule has 0 aliphatic carbocycles. The summed E-state index contributed by atoms with van der Waals surface area (Å²) in [6, 6.07) is 3.74. The molecule has 0 amide bonds. The highest BCUT2D eigenvalue weighted by Crippen LogP contribution is 2.30. The van der Waals surface area contributed by atoms with Crippen molar-refractivity contribution in [3.05, 3.63) is 29.2 Å². The number of hydrogen-bond donors (Lipinski definition) is 1. The summed E-state index contributed by atoms with van der Waals surface area (Å²) >= 11 is 0. The first-order valence-corrected chi connectivity index (χ1v) is 6.76. The molecule has 2 aromatic rings. The maximum absolute atomic E-state index is 5.83. The molecule has 5 nitrogen and oxygen atoms in total. The SMILES string of the molecule is Cc1cc(-c2noc([C@H](C)N)n2)cc(C)c1OC(C)C. The van der Waals surface area contributed by atoms with E-state index >= 15 is 0 Å². The molecule has 108 valence electrons. The van der Waals surface area contributed by atoms with Crippen LogP contribution in [0.2, 0.25) is 0 Å². The predicted octanol–water partition coefficient (Wildman–Crippen LogP) is 3.16. The first-order valence-electron chi connectivity index (χ1n) is 6.76. The summed E-state index contributed by atoms with van der Waals surface area (Å²) in [7, 11) is 0. The molecule has 2 N–H and O–H groups in total. The van der Waals surface area contributed by atoms with Crippen molar-refractivity contribution in [1.82, 2.24) is 10.1 Å². The van der Waals surface area contributed by atoms with Crippen LogP contribution < -0.4 is 10.5 Å². The van der Waals surface area contributed by atoms with Crippen LogP contribution in [0.5, 0.6) is 5.75 Å². The Morgan fingerprint density at radius 2 is 1.75 bits per heavy atom. The van der Waals surface area contributed by atoms with Gasteiger partial charge in [-0.3, -0.25) is 0 Å². The Morgan fingerprint density at radius 3 is 2.20 bits per heavy atom. The average molecular weight is 275 g/mol. The fraction of sp³-hybridized carbons (Fsp3) is 0.467. The molecule has 20 heavy (non-hydrogen) atoms. The minimum absolute atomic E-state index is 0.146. The van der Waals surface area contributed by atoms with Crippen molar-refractivity contribution >= 4 is 0 Å². The summed E-state index contributed by atoms with van der Waals surface area (Å²) in [4.78, 5) is 4.31. The van der Waals surface area contributed by atoms with E-state index in [-0.39, 0.29) is 12.1 Å². The molecular weight excluding hydrogens is 254 g/mol. The highest BCUT2D eigenvalue weighted by Gasteiger charge is 2.15. The summed E-state index contributed by atoms with van der Waals surface area (Å²) in [6.07, 6.45) is 0.146. The van der Waals surface area contributed by atoms with Gasteiger partial charge < -0.3 is 15.0 Å².